The summed E-state index contributed by atoms with van der Waals surface area (Å²) in [5.41, 5.74) is 4.81. The molecule has 1 aromatic heterocycles. The molecule has 25 heavy (non-hydrogen) atoms. The van der Waals surface area contributed by atoms with Gasteiger partial charge in [0, 0.05) is 29.6 Å². The predicted octanol–water partition coefficient (Wildman–Crippen LogP) is 4.90. The van der Waals surface area contributed by atoms with Crippen LogP contribution in [0.2, 0.25) is 0 Å². The lowest BCUT2D eigenvalue weighted by Gasteiger charge is -2.11. The lowest BCUT2D eigenvalue weighted by Crippen LogP contribution is -2.06. The number of nitrogens with zero attached hydrogens (tertiary/aromatic N) is 2. The Hall–Kier alpha value is -2.95. The molecular weight excluding hydrogens is 315 g/mol. The lowest BCUT2D eigenvalue weighted by molar-refractivity contribution is 0.613. The van der Waals surface area contributed by atoms with Crippen LogP contribution in [0.15, 0.2) is 48.5 Å². The Morgan fingerprint density at radius 1 is 0.920 bits per heavy atom. The maximum atomic E-state index is 13.7. The molecule has 0 spiro atoms. The minimum Gasteiger partial charge on any atom is -0.366 e. The number of hydrogen-bond donors (Lipinski definition) is 2. The number of hydrogen-bond acceptors (Lipinski definition) is 4. The molecule has 3 rings (SSSR count). The van der Waals surface area contributed by atoms with Crippen molar-refractivity contribution in [2.45, 2.75) is 27.3 Å². The van der Waals surface area contributed by atoms with Crippen LogP contribution in [-0.2, 0) is 6.54 Å². The number of aryl methyl sites for hydroxylation is 3. The van der Waals surface area contributed by atoms with Crippen molar-refractivity contribution < 1.29 is 4.39 Å². The summed E-state index contributed by atoms with van der Waals surface area (Å²) in [4.78, 5) is 8.89. The molecule has 0 radical (unpaired) electrons. The van der Waals surface area contributed by atoms with Crippen molar-refractivity contribution in [3.8, 4) is 0 Å². The maximum Gasteiger partial charge on any atom is 0.229 e. The Balaban J connectivity index is 1.76. The van der Waals surface area contributed by atoms with Gasteiger partial charge in [0.2, 0.25) is 5.95 Å². The predicted molar refractivity (Wildman–Crippen MR) is 99.7 cm³/mol. The van der Waals surface area contributed by atoms with Crippen molar-refractivity contribution in [3.63, 3.8) is 0 Å². The largest absolute Gasteiger partial charge is 0.366 e. The molecule has 0 saturated carbocycles. The first-order valence-electron chi connectivity index (χ1n) is 8.18. The van der Waals surface area contributed by atoms with Gasteiger partial charge in [0.05, 0.1) is 0 Å². The van der Waals surface area contributed by atoms with E-state index in [1.165, 1.54) is 17.2 Å². The van der Waals surface area contributed by atoms with Crippen LogP contribution in [0.3, 0.4) is 0 Å². The average Bonchev–Trinajstić information content (AvgIpc) is 2.57. The molecule has 0 unspecified atom stereocenters. The summed E-state index contributed by atoms with van der Waals surface area (Å²) in [6.45, 7) is 6.42. The van der Waals surface area contributed by atoms with E-state index < -0.39 is 0 Å². The van der Waals surface area contributed by atoms with Gasteiger partial charge in [0.1, 0.15) is 11.6 Å². The molecule has 0 aliphatic heterocycles. The standard InChI is InChI=1S/C20H21FN4/c1-13-8-9-17(10-14(13)2)24-20-23-15(3)11-19(25-20)22-12-16-6-4-5-7-18(16)21/h4-11H,12H2,1-3H3,(H2,22,23,24,25). The molecule has 0 aliphatic rings. The minimum absolute atomic E-state index is 0.228. The number of aromatic nitrogens is 2. The molecule has 2 N–H and O–H groups in total. The van der Waals surface area contributed by atoms with E-state index >= 15 is 0 Å². The molecule has 0 fully saturated rings. The number of benzene rings is 2. The lowest BCUT2D eigenvalue weighted by atomic mass is 10.1. The van der Waals surface area contributed by atoms with Gasteiger partial charge < -0.3 is 10.6 Å². The highest BCUT2D eigenvalue weighted by Crippen LogP contribution is 2.19. The number of halogens is 1. The Bertz CT molecular complexity index is 893. The van der Waals surface area contributed by atoms with Crippen LogP contribution >= 0.6 is 0 Å². The van der Waals surface area contributed by atoms with Gasteiger partial charge in [-0.05, 0) is 50.1 Å². The number of anilines is 3. The van der Waals surface area contributed by atoms with Gasteiger partial charge >= 0.3 is 0 Å². The SMILES string of the molecule is Cc1cc(NCc2ccccc2F)nc(Nc2ccc(C)c(C)c2)n1. The Morgan fingerprint density at radius 3 is 2.48 bits per heavy atom. The molecule has 128 valence electrons. The van der Waals surface area contributed by atoms with Crippen LogP contribution in [0.25, 0.3) is 0 Å². The van der Waals surface area contributed by atoms with Crippen molar-refractivity contribution in [1.82, 2.24) is 9.97 Å². The van der Waals surface area contributed by atoms with E-state index in [0.717, 1.165) is 11.4 Å². The Kier molecular flexibility index (Phi) is 4.93. The molecule has 3 aromatic rings. The summed E-state index contributed by atoms with van der Waals surface area (Å²) >= 11 is 0. The van der Waals surface area contributed by atoms with E-state index in [-0.39, 0.29) is 5.82 Å². The zero-order chi connectivity index (χ0) is 17.8. The summed E-state index contributed by atoms with van der Waals surface area (Å²) in [7, 11) is 0. The summed E-state index contributed by atoms with van der Waals surface area (Å²) in [6.07, 6.45) is 0. The van der Waals surface area contributed by atoms with Gasteiger partial charge in [-0.1, -0.05) is 24.3 Å². The Labute approximate surface area is 147 Å². The van der Waals surface area contributed by atoms with E-state index in [2.05, 4.69) is 46.6 Å². The fourth-order valence-corrected chi connectivity index (χ4v) is 2.49. The highest BCUT2D eigenvalue weighted by molar-refractivity contribution is 5.57. The molecule has 0 bridgehead atoms. The first-order valence-corrected chi connectivity index (χ1v) is 8.18. The fourth-order valence-electron chi connectivity index (χ4n) is 2.49. The zero-order valence-corrected chi connectivity index (χ0v) is 14.6. The first kappa shape index (κ1) is 16.9. The number of rotatable bonds is 5. The second kappa shape index (κ2) is 7.30. The molecule has 2 aromatic carbocycles. The molecule has 5 heteroatoms. The normalized spacial score (nSPS) is 10.6. The van der Waals surface area contributed by atoms with Gasteiger partial charge in [-0.25, -0.2) is 9.37 Å². The molecule has 0 saturated heterocycles. The van der Waals surface area contributed by atoms with Gasteiger partial charge in [-0.3, -0.25) is 0 Å². The van der Waals surface area contributed by atoms with Crippen molar-refractivity contribution in [2.75, 3.05) is 10.6 Å². The fraction of sp³-hybridized carbons (Fsp3) is 0.200. The third-order valence-electron chi connectivity index (χ3n) is 4.04. The van der Waals surface area contributed by atoms with Gasteiger partial charge in [-0.2, -0.15) is 4.98 Å². The summed E-state index contributed by atoms with van der Waals surface area (Å²) in [6, 6.07) is 14.7. The highest BCUT2D eigenvalue weighted by Gasteiger charge is 2.05. The quantitative estimate of drug-likeness (QED) is 0.696. The molecular formula is C20H21FN4. The Morgan fingerprint density at radius 2 is 1.72 bits per heavy atom. The second-order valence-corrected chi connectivity index (χ2v) is 6.09. The smallest absolute Gasteiger partial charge is 0.229 e. The van der Waals surface area contributed by atoms with Crippen molar-refractivity contribution in [3.05, 3.63) is 76.7 Å². The van der Waals surface area contributed by atoms with E-state index in [0.29, 0.717) is 23.9 Å². The summed E-state index contributed by atoms with van der Waals surface area (Å²) < 4.78 is 13.7. The van der Waals surface area contributed by atoms with Crippen molar-refractivity contribution >= 4 is 17.5 Å². The van der Waals surface area contributed by atoms with Crippen LogP contribution in [0, 0.1) is 26.6 Å². The van der Waals surface area contributed by atoms with E-state index in [1.807, 2.05) is 25.1 Å². The molecule has 4 nitrogen and oxygen atoms in total. The summed E-state index contributed by atoms with van der Waals surface area (Å²) in [5, 5.41) is 6.38. The summed E-state index contributed by atoms with van der Waals surface area (Å²) in [5.74, 6) is 0.940. The van der Waals surface area contributed by atoms with Crippen LogP contribution in [0.1, 0.15) is 22.4 Å². The van der Waals surface area contributed by atoms with E-state index in [4.69, 9.17) is 0 Å². The monoisotopic (exact) mass is 336 g/mol. The van der Waals surface area contributed by atoms with Crippen LogP contribution in [0.4, 0.5) is 21.8 Å². The topological polar surface area (TPSA) is 49.8 Å². The van der Waals surface area contributed by atoms with Crippen LogP contribution in [-0.4, -0.2) is 9.97 Å². The van der Waals surface area contributed by atoms with Crippen molar-refractivity contribution in [1.29, 1.82) is 0 Å². The molecule has 0 atom stereocenters. The van der Waals surface area contributed by atoms with E-state index in [9.17, 15) is 4.39 Å². The zero-order valence-electron chi connectivity index (χ0n) is 14.6. The van der Waals surface area contributed by atoms with Crippen LogP contribution < -0.4 is 10.6 Å². The van der Waals surface area contributed by atoms with Gasteiger partial charge in [-0.15, -0.1) is 0 Å². The second-order valence-electron chi connectivity index (χ2n) is 6.09. The third-order valence-corrected chi connectivity index (χ3v) is 4.04. The number of nitrogens with one attached hydrogen (secondary N) is 2. The highest BCUT2D eigenvalue weighted by atomic mass is 19.1. The van der Waals surface area contributed by atoms with Crippen LogP contribution in [0.5, 0.6) is 0 Å². The molecule has 1 heterocycles. The van der Waals surface area contributed by atoms with Gasteiger partial charge in [0.25, 0.3) is 0 Å². The first-order chi connectivity index (χ1) is 12.0. The molecule has 0 aliphatic carbocycles. The van der Waals surface area contributed by atoms with E-state index in [1.54, 1.807) is 12.1 Å². The van der Waals surface area contributed by atoms with Gasteiger partial charge in [0.15, 0.2) is 0 Å². The maximum absolute atomic E-state index is 13.7. The average molecular weight is 336 g/mol. The van der Waals surface area contributed by atoms with Crippen molar-refractivity contribution in [2.24, 2.45) is 0 Å². The molecule has 0 amide bonds. The third kappa shape index (κ3) is 4.32. The minimum atomic E-state index is -0.228.